The summed E-state index contributed by atoms with van der Waals surface area (Å²) in [5.74, 6) is -0.492. The van der Waals surface area contributed by atoms with Crippen LogP contribution in [0.4, 0.5) is 5.69 Å². The lowest BCUT2D eigenvalue weighted by Gasteiger charge is -2.27. The van der Waals surface area contributed by atoms with Crippen molar-refractivity contribution in [3.8, 4) is 5.75 Å². The highest BCUT2D eigenvalue weighted by Gasteiger charge is 2.21. The van der Waals surface area contributed by atoms with Crippen LogP contribution in [0.3, 0.4) is 0 Å². The number of nitrogen functional groups attached to an aromatic ring is 1. The number of carboxylic acids is 1. The zero-order valence-electron chi connectivity index (χ0n) is 7.97. The van der Waals surface area contributed by atoms with Gasteiger partial charge in [-0.25, -0.2) is 4.79 Å². The summed E-state index contributed by atoms with van der Waals surface area (Å²) in [7, 11) is 0. The smallest absolute Gasteiger partial charge is 0.335 e. The maximum Gasteiger partial charge on any atom is 0.335 e. The molecule has 0 aliphatic carbocycles. The third-order valence-corrected chi connectivity index (χ3v) is 2.16. The highest BCUT2D eigenvalue weighted by molar-refractivity contribution is 5.89. The minimum absolute atomic E-state index is 0.0305. The van der Waals surface area contributed by atoms with Crippen molar-refractivity contribution in [2.45, 2.75) is 6.10 Å². The molecule has 3 N–H and O–H groups in total. The van der Waals surface area contributed by atoms with Gasteiger partial charge in [-0.3, -0.25) is 0 Å². The van der Waals surface area contributed by atoms with Crippen molar-refractivity contribution in [3.63, 3.8) is 0 Å². The Morgan fingerprint density at radius 3 is 2.73 bits per heavy atom. The zero-order chi connectivity index (χ0) is 10.8. The lowest BCUT2D eigenvalue weighted by atomic mass is 10.2. The second-order valence-corrected chi connectivity index (χ2v) is 3.34. The maximum atomic E-state index is 10.6. The molecule has 1 aromatic rings. The Balaban J connectivity index is 2.14. The lowest BCUT2D eigenvalue weighted by Crippen LogP contribution is -2.38. The summed E-state index contributed by atoms with van der Waals surface area (Å²) in [5, 5.41) is 8.72. The number of ether oxygens (including phenoxy) is 2. The van der Waals surface area contributed by atoms with E-state index in [0.29, 0.717) is 24.7 Å². The van der Waals surface area contributed by atoms with Crippen molar-refractivity contribution < 1.29 is 19.4 Å². The van der Waals surface area contributed by atoms with Gasteiger partial charge >= 0.3 is 5.97 Å². The summed E-state index contributed by atoms with van der Waals surface area (Å²) in [5.41, 5.74) is 6.15. The van der Waals surface area contributed by atoms with E-state index in [0.717, 1.165) is 0 Å². The van der Waals surface area contributed by atoms with Crippen LogP contribution in [-0.2, 0) is 4.74 Å². The first-order valence-corrected chi connectivity index (χ1v) is 4.54. The molecule has 0 unspecified atom stereocenters. The van der Waals surface area contributed by atoms with Crippen LogP contribution in [0.1, 0.15) is 10.4 Å². The molecule has 1 aliphatic rings. The molecule has 0 aromatic heterocycles. The summed E-state index contributed by atoms with van der Waals surface area (Å²) in [6.45, 7) is 1.11. The van der Waals surface area contributed by atoms with Gasteiger partial charge in [0.25, 0.3) is 0 Å². The van der Waals surface area contributed by atoms with Crippen LogP contribution < -0.4 is 10.5 Å². The van der Waals surface area contributed by atoms with Crippen molar-refractivity contribution in [2.75, 3.05) is 18.9 Å². The molecule has 5 nitrogen and oxygen atoms in total. The molecule has 1 saturated heterocycles. The molecule has 0 spiro atoms. The number of hydrogen-bond donors (Lipinski definition) is 2. The molecule has 80 valence electrons. The van der Waals surface area contributed by atoms with E-state index >= 15 is 0 Å². The Morgan fingerprint density at radius 2 is 2.27 bits per heavy atom. The topological polar surface area (TPSA) is 81.8 Å². The third kappa shape index (κ3) is 2.02. The average Bonchev–Trinajstić information content (AvgIpc) is 2.12. The number of carboxylic acid groups (broad SMARTS) is 1. The summed E-state index contributed by atoms with van der Waals surface area (Å²) in [4.78, 5) is 10.6. The average molecular weight is 209 g/mol. The molecule has 0 radical (unpaired) electrons. The second-order valence-electron chi connectivity index (χ2n) is 3.34. The van der Waals surface area contributed by atoms with Gasteiger partial charge in [-0.2, -0.15) is 0 Å². The highest BCUT2D eigenvalue weighted by atomic mass is 16.6. The quantitative estimate of drug-likeness (QED) is 0.717. The number of aromatic carboxylic acids is 1. The molecule has 0 bridgehead atoms. The maximum absolute atomic E-state index is 10.6. The highest BCUT2D eigenvalue weighted by Crippen LogP contribution is 2.25. The molecular formula is C10H11NO4. The van der Waals surface area contributed by atoms with Gasteiger partial charge < -0.3 is 20.3 Å². The molecule has 1 aromatic carbocycles. The normalized spacial score (nSPS) is 15.7. The fraction of sp³-hybridized carbons (Fsp3) is 0.300. The van der Waals surface area contributed by atoms with E-state index in [-0.39, 0.29) is 11.7 Å². The largest absolute Gasteiger partial charge is 0.483 e. The molecule has 0 amide bonds. The summed E-state index contributed by atoms with van der Waals surface area (Å²) >= 11 is 0. The molecule has 5 heteroatoms. The van der Waals surface area contributed by atoms with Gasteiger partial charge in [0.05, 0.1) is 24.5 Å². The summed E-state index contributed by atoms with van der Waals surface area (Å²) in [6.07, 6.45) is 0.0305. The Morgan fingerprint density at radius 1 is 1.53 bits per heavy atom. The minimum Gasteiger partial charge on any atom is -0.483 e. The fourth-order valence-electron chi connectivity index (χ4n) is 1.25. The van der Waals surface area contributed by atoms with Gasteiger partial charge in [-0.1, -0.05) is 0 Å². The SMILES string of the molecule is Nc1cc(C(=O)O)ccc1OC1COC1. The minimum atomic E-state index is -1.000. The van der Waals surface area contributed by atoms with E-state index in [4.69, 9.17) is 20.3 Å². The van der Waals surface area contributed by atoms with Crippen molar-refractivity contribution in [1.29, 1.82) is 0 Å². The zero-order valence-corrected chi connectivity index (χ0v) is 7.97. The lowest BCUT2D eigenvalue weighted by molar-refractivity contribution is -0.0793. The van der Waals surface area contributed by atoms with Crippen LogP contribution in [0, 0.1) is 0 Å². The van der Waals surface area contributed by atoms with Gasteiger partial charge in [-0.15, -0.1) is 0 Å². The first-order valence-electron chi connectivity index (χ1n) is 4.54. The monoisotopic (exact) mass is 209 g/mol. The molecule has 0 saturated carbocycles. The van der Waals surface area contributed by atoms with Crippen LogP contribution in [0.2, 0.25) is 0 Å². The Labute approximate surface area is 86.4 Å². The molecule has 2 rings (SSSR count). The first kappa shape index (κ1) is 9.79. The fourth-order valence-corrected chi connectivity index (χ4v) is 1.25. The van der Waals surface area contributed by atoms with E-state index in [9.17, 15) is 4.79 Å². The molecule has 1 fully saturated rings. The van der Waals surface area contributed by atoms with Crippen LogP contribution >= 0.6 is 0 Å². The van der Waals surface area contributed by atoms with E-state index in [2.05, 4.69) is 0 Å². The Bertz CT molecular complexity index is 387. The van der Waals surface area contributed by atoms with Gasteiger partial charge in [-0.05, 0) is 18.2 Å². The number of hydrogen-bond acceptors (Lipinski definition) is 4. The van der Waals surface area contributed by atoms with Gasteiger partial charge in [0, 0.05) is 0 Å². The van der Waals surface area contributed by atoms with Crippen molar-refractivity contribution in [2.24, 2.45) is 0 Å². The molecule has 1 aliphatic heterocycles. The van der Waals surface area contributed by atoms with E-state index in [1.165, 1.54) is 12.1 Å². The van der Waals surface area contributed by atoms with E-state index in [1.807, 2.05) is 0 Å². The number of benzene rings is 1. The van der Waals surface area contributed by atoms with Crippen LogP contribution in [0.25, 0.3) is 0 Å². The number of nitrogens with two attached hydrogens (primary N) is 1. The van der Waals surface area contributed by atoms with Crippen molar-refractivity contribution >= 4 is 11.7 Å². The number of rotatable bonds is 3. The molecular weight excluding hydrogens is 198 g/mol. The van der Waals surface area contributed by atoms with Crippen LogP contribution in [0.15, 0.2) is 18.2 Å². The van der Waals surface area contributed by atoms with Crippen molar-refractivity contribution in [3.05, 3.63) is 23.8 Å². The Kier molecular flexibility index (Phi) is 2.47. The number of carbonyl (C=O) groups is 1. The molecule has 15 heavy (non-hydrogen) atoms. The van der Waals surface area contributed by atoms with E-state index < -0.39 is 5.97 Å². The first-order chi connectivity index (χ1) is 7.16. The summed E-state index contributed by atoms with van der Waals surface area (Å²) in [6, 6.07) is 4.42. The standard InChI is InChI=1S/C10H11NO4/c11-8-3-6(10(12)13)1-2-9(8)15-7-4-14-5-7/h1-3,7H,4-5,11H2,(H,12,13). The van der Waals surface area contributed by atoms with Gasteiger partial charge in [0.2, 0.25) is 0 Å². The Hall–Kier alpha value is -1.75. The van der Waals surface area contributed by atoms with Crippen LogP contribution in [-0.4, -0.2) is 30.4 Å². The molecule has 1 heterocycles. The van der Waals surface area contributed by atoms with Gasteiger partial charge in [0.15, 0.2) is 0 Å². The molecule has 0 atom stereocenters. The predicted octanol–water partition coefficient (Wildman–Crippen LogP) is 0.745. The summed E-state index contributed by atoms with van der Waals surface area (Å²) < 4.78 is 10.4. The third-order valence-electron chi connectivity index (χ3n) is 2.16. The van der Waals surface area contributed by atoms with Crippen molar-refractivity contribution in [1.82, 2.24) is 0 Å². The van der Waals surface area contributed by atoms with Gasteiger partial charge in [0.1, 0.15) is 11.9 Å². The van der Waals surface area contributed by atoms with Crippen LogP contribution in [0.5, 0.6) is 5.75 Å². The number of anilines is 1. The van der Waals surface area contributed by atoms with E-state index in [1.54, 1.807) is 6.07 Å². The second kappa shape index (κ2) is 3.78. The predicted molar refractivity (Wildman–Crippen MR) is 53.0 cm³/mol.